The van der Waals surface area contributed by atoms with Gasteiger partial charge in [0.2, 0.25) is 0 Å². The van der Waals surface area contributed by atoms with Crippen molar-refractivity contribution in [2.45, 2.75) is 18.9 Å². The first kappa shape index (κ1) is 12.9. The molecule has 0 radical (unpaired) electrons. The third-order valence-electron chi connectivity index (χ3n) is 2.90. The molecule has 92 valence electrons. The van der Waals surface area contributed by atoms with Crippen LogP contribution in [0.5, 0.6) is 0 Å². The fraction of sp³-hybridized carbons (Fsp3) is 0.385. The van der Waals surface area contributed by atoms with Gasteiger partial charge >= 0.3 is 0 Å². The largest absolute Gasteiger partial charge is 0.501 e. The second-order valence-electron chi connectivity index (χ2n) is 4.05. The maximum absolute atomic E-state index is 5.96. The average Bonchev–Trinajstić information content (AvgIpc) is 2.34. The van der Waals surface area contributed by atoms with Gasteiger partial charge in [-0.15, -0.1) is 0 Å². The zero-order valence-electron chi connectivity index (χ0n) is 9.67. The molecule has 1 N–H and O–H groups in total. The van der Waals surface area contributed by atoms with Gasteiger partial charge in [0.05, 0.1) is 18.9 Å². The molecule has 1 aromatic rings. The quantitative estimate of drug-likeness (QED) is 0.908. The van der Waals surface area contributed by atoms with Crippen molar-refractivity contribution in [2.75, 3.05) is 13.7 Å². The molecule has 0 aromatic heterocycles. The standard InChI is InChI=1S/C13H15BrClNO/c1-16-13(9-3-2-6-17-8-9)11-5-4-10(15)7-12(11)14/h4-5,7-8,13,16H,2-3,6H2,1H3. The summed E-state index contributed by atoms with van der Waals surface area (Å²) in [5.74, 6) is 0. The Bertz CT molecular complexity index is 433. The first-order chi connectivity index (χ1) is 8.22. The molecule has 1 atom stereocenters. The van der Waals surface area contributed by atoms with Crippen molar-refractivity contribution in [1.29, 1.82) is 0 Å². The second-order valence-corrected chi connectivity index (χ2v) is 5.35. The number of ether oxygens (including phenoxy) is 1. The smallest absolute Gasteiger partial charge is 0.0876 e. The molecule has 1 heterocycles. The van der Waals surface area contributed by atoms with E-state index in [0.29, 0.717) is 0 Å². The lowest BCUT2D eigenvalue weighted by Gasteiger charge is -2.24. The molecule has 2 nitrogen and oxygen atoms in total. The van der Waals surface area contributed by atoms with Crippen LogP contribution in [0, 0.1) is 0 Å². The molecule has 2 rings (SSSR count). The number of halogens is 2. The van der Waals surface area contributed by atoms with Gasteiger partial charge in [-0.25, -0.2) is 0 Å². The molecule has 0 spiro atoms. The highest BCUT2D eigenvalue weighted by Crippen LogP contribution is 2.33. The lowest BCUT2D eigenvalue weighted by molar-refractivity contribution is 0.220. The van der Waals surface area contributed by atoms with Gasteiger partial charge < -0.3 is 10.1 Å². The van der Waals surface area contributed by atoms with E-state index in [0.717, 1.165) is 28.9 Å². The monoisotopic (exact) mass is 315 g/mol. The number of hydrogen-bond donors (Lipinski definition) is 1. The van der Waals surface area contributed by atoms with Crippen LogP contribution in [0.3, 0.4) is 0 Å². The lowest BCUT2D eigenvalue weighted by Crippen LogP contribution is -2.21. The number of hydrogen-bond acceptors (Lipinski definition) is 2. The fourth-order valence-corrected chi connectivity index (χ4v) is 2.98. The molecule has 0 amide bonds. The van der Waals surface area contributed by atoms with Gasteiger partial charge in [0, 0.05) is 9.50 Å². The van der Waals surface area contributed by atoms with Crippen LogP contribution in [0.25, 0.3) is 0 Å². The van der Waals surface area contributed by atoms with Gasteiger partial charge in [-0.3, -0.25) is 0 Å². The Labute approximate surface area is 115 Å². The molecule has 1 aliphatic rings. The second kappa shape index (κ2) is 5.89. The lowest BCUT2D eigenvalue weighted by atomic mass is 9.95. The third kappa shape index (κ3) is 3.03. The SMILES string of the molecule is CNC(C1=COCCC1)c1ccc(Cl)cc1Br. The molecule has 0 fully saturated rings. The Morgan fingerprint density at radius 2 is 2.29 bits per heavy atom. The summed E-state index contributed by atoms with van der Waals surface area (Å²) in [6.07, 6.45) is 4.03. The van der Waals surface area contributed by atoms with Crippen molar-refractivity contribution in [3.63, 3.8) is 0 Å². The van der Waals surface area contributed by atoms with Crippen molar-refractivity contribution >= 4 is 27.5 Å². The van der Waals surface area contributed by atoms with E-state index in [1.54, 1.807) is 0 Å². The molecule has 0 bridgehead atoms. The topological polar surface area (TPSA) is 21.3 Å². The predicted molar refractivity (Wildman–Crippen MR) is 74.2 cm³/mol. The number of benzene rings is 1. The molecule has 0 saturated carbocycles. The fourth-order valence-electron chi connectivity index (χ4n) is 2.07. The molecule has 4 heteroatoms. The van der Waals surface area contributed by atoms with Gasteiger partial charge in [0.1, 0.15) is 0 Å². The van der Waals surface area contributed by atoms with Crippen molar-refractivity contribution in [3.05, 3.63) is 45.1 Å². The first-order valence-corrected chi connectivity index (χ1v) is 6.82. The molecule has 0 aliphatic carbocycles. The van der Waals surface area contributed by atoms with Crippen LogP contribution in [0.15, 0.2) is 34.5 Å². The molecule has 1 aliphatic heterocycles. The minimum Gasteiger partial charge on any atom is -0.501 e. The highest BCUT2D eigenvalue weighted by molar-refractivity contribution is 9.10. The van der Waals surface area contributed by atoms with Crippen LogP contribution in [0.1, 0.15) is 24.4 Å². The van der Waals surface area contributed by atoms with Crippen molar-refractivity contribution in [3.8, 4) is 0 Å². The van der Waals surface area contributed by atoms with Crippen LogP contribution in [-0.4, -0.2) is 13.7 Å². The summed E-state index contributed by atoms with van der Waals surface area (Å²) in [6, 6.07) is 6.06. The van der Waals surface area contributed by atoms with E-state index in [4.69, 9.17) is 16.3 Å². The van der Waals surface area contributed by atoms with Gasteiger partial charge in [-0.2, -0.15) is 0 Å². The Morgan fingerprint density at radius 3 is 2.88 bits per heavy atom. The number of rotatable bonds is 3. The van der Waals surface area contributed by atoms with Crippen LogP contribution in [0.4, 0.5) is 0 Å². The molecule has 0 saturated heterocycles. The van der Waals surface area contributed by atoms with Gasteiger partial charge in [0.25, 0.3) is 0 Å². The van der Waals surface area contributed by atoms with E-state index in [2.05, 4.69) is 21.2 Å². The van der Waals surface area contributed by atoms with E-state index < -0.39 is 0 Å². The van der Waals surface area contributed by atoms with E-state index in [1.165, 1.54) is 11.1 Å². The van der Waals surface area contributed by atoms with E-state index in [1.807, 2.05) is 31.5 Å². The van der Waals surface area contributed by atoms with E-state index in [-0.39, 0.29) is 6.04 Å². The van der Waals surface area contributed by atoms with Crippen molar-refractivity contribution in [1.82, 2.24) is 5.32 Å². The summed E-state index contributed by atoms with van der Waals surface area (Å²) in [5, 5.41) is 4.07. The summed E-state index contributed by atoms with van der Waals surface area (Å²) in [6.45, 7) is 0.821. The number of likely N-dealkylation sites (N-methyl/N-ethyl adjacent to an activating group) is 1. The zero-order valence-corrected chi connectivity index (χ0v) is 12.0. The Balaban J connectivity index is 2.31. The Morgan fingerprint density at radius 1 is 1.47 bits per heavy atom. The van der Waals surface area contributed by atoms with Crippen LogP contribution in [0.2, 0.25) is 5.02 Å². The molecular formula is C13H15BrClNO. The first-order valence-electron chi connectivity index (χ1n) is 5.65. The van der Waals surface area contributed by atoms with Crippen molar-refractivity contribution in [2.24, 2.45) is 0 Å². The summed E-state index contributed by atoms with van der Waals surface area (Å²) in [7, 11) is 1.96. The van der Waals surface area contributed by atoms with E-state index >= 15 is 0 Å². The van der Waals surface area contributed by atoms with Gasteiger partial charge in [0.15, 0.2) is 0 Å². The average molecular weight is 317 g/mol. The third-order valence-corrected chi connectivity index (χ3v) is 3.82. The van der Waals surface area contributed by atoms with Crippen molar-refractivity contribution < 1.29 is 4.74 Å². The van der Waals surface area contributed by atoms with Gasteiger partial charge in [-0.05, 0) is 43.2 Å². The normalized spacial score (nSPS) is 17.2. The molecule has 17 heavy (non-hydrogen) atoms. The minimum absolute atomic E-state index is 0.182. The summed E-state index contributed by atoms with van der Waals surface area (Å²) in [4.78, 5) is 0. The summed E-state index contributed by atoms with van der Waals surface area (Å²) < 4.78 is 6.43. The Kier molecular flexibility index (Phi) is 4.48. The molecule has 1 aromatic carbocycles. The highest BCUT2D eigenvalue weighted by atomic mass is 79.9. The number of nitrogens with one attached hydrogen (secondary N) is 1. The van der Waals surface area contributed by atoms with Crippen LogP contribution in [-0.2, 0) is 4.74 Å². The zero-order chi connectivity index (χ0) is 12.3. The summed E-state index contributed by atoms with van der Waals surface area (Å²) >= 11 is 9.52. The predicted octanol–water partition coefficient (Wildman–Crippen LogP) is 4.06. The molecule has 1 unspecified atom stereocenters. The summed E-state index contributed by atoms with van der Waals surface area (Å²) in [5.41, 5.74) is 2.47. The van der Waals surface area contributed by atoms with Crippen LogP contribution < -0.4 is 5.32 Å². The maximum Gasteiger partial charge on any atom is 0.0876 e. The maximum atomic E-state index is 5.96. The minimum atomic E-state index is 0.182. The highest BCUT2D eigenvalue weighted by Gasteiger charge is 2.19. The van der Waals surface area contributed by atoms with Crippen LogP contribution >= 0.6 is 27.5 Å². The van der Waals surface area contributed by atoms with Gasteiger partial charge in [-0.1, -0.05) is 33.6 Å². The Hall–Kier alpha value is -0.510. The molecular weight excluding hydrogens is 302 g/mol. The van der Waals surface area contributed by atoms with E-state index in [9.17, 15) is 0 Å².